The molecule has 3 rings (SSSR count). The third kappa shape index (κ3) is 3.26. The Balaban J connectivity index is 1.89. The normalized spacial score (nSPS) is 10.8. The Morgan fingerprint density at radius 2 is 1.80 bits per heavy atom. The van der Waals surface area contributed by atoms with Gasteiger partial charge in [0.2, 0.25) is 0 Å². The lowest BCUT2D eigenvalue weighted by molar-refractivity contribution is 0.102. The average molecular weight is 342 g/mol. The summed E-state index contributed by atoms with van der Waals surface area (Å²) < 4.78 is 28.2. The number of carbonyl (C=O) groups excluding carboxylic acids is 1. The van der Waals surface area contributed by atoms with Crippen LogP contribution in [0.3, 0.4) is 0 Å². The summed E-state index contributed by atoms with van der Waals surface area (Å²) in [6, 6.07) is 8.71. The Morgan fingerprint density at radius 3 is 2.48 bits per heavy atom. The summed E-state index contributed by atoms with van der Waals surface area (Å²) in [6.45, 7) is 5.69. The number of rotatable bonds is 3. The zero-order valence-electron chi connectivity index (χ0n) is 14.0. The van der Waals surface area contributed by atoms with Gasteiger partial charge in [-0.25, -0.2) is 13.5 Å². The van der Waals surface area contributed by atoms with Gasteiger partial charge in [0.05, 0.1) is 17.1 Å². The van der Waals surface area contributed by atoms with Crippen LogP contribution in [0.2, 0.25) is 0 Å². The molecule has 7 heteroatoms. The van der Waals surface area contributed by atoms with Crippen molar-refractivity contribution in [3.63, 3.8) is 0 Å². The summed E-state index contributed by atoms with van der Waals surface area (Å²) in [5.74, 6) is -2.18. The second-order valence-corrected chi connectivity index (χ2v) is 5.78. The number of amides is 1. The summed E-state index contributed by atoms with van der Waals surface area (Å²) in [5, 5.41) is 10.3. The fourth-order valence-electron chi connectivity index (χ4n) is 2.41. The van der Waals surface area contributed by atoms with Crippen molar-refractivity contribution in [3.8, 4) is 5.69 Å². The molecule has 0 aliphatic heterocycles. The van der Waals surface area contributed by atoms with E-state index in [0.717, 1.165) is 28.9 Å². The summed E-state index contributed by atoms with van der Waals surface area (Å²) in [5.41, 5.74) is 3.48. The van der Waals surface area contributed by atoms with Crippen LogP contribution in [0.5, 0.6) is 0 Å². The molecule has 0 fully saturated rings. The van der Waals surface area contributed by atoms with E-state index < -0.39 is 17.5 Å². The molecule has 0 saturated carbocycles. The SMILES string of the molecule is Cc1ccc(-n2nnc(C(=O)Nc3ccc(F)cc3F)c2C)cc1C. The van der Waals surface area contributed by atoms with Crippen molar-refractivity contribution in [2.24, 2.45) is 0 Å². The first-order chi connectivity index (χ1) is 11.9. The third-order valence-corrected chi connectivity index (χ3v) is 4.02. The summed E-state index contributed by atoms with van der Waals surface area (Å²) in [7, 11) is 0. The second kappa shape index (κ2) is 6.43. The number of hydrogen-bond donors (Lipinski definition) is 1. The molecule has 5 nitrogen and oxygen atoms in total. The van der Waals surface area contributed by atoms with E-state index in [1.807, 2.05) is 32.0 Å². The van der Waals surface area contributed by atoms with Gasteiger partial charge in [0.25, 0.3) is 5.91 Å². The molecule has 1 N–H and O–H groups in total. The molecular formula is C18H16F2N4O. The van der Waals surface area contributed by atoms with E-state index in [9.17, 15) is 13.6 Å². The molecule has 1 heterocycles. The number of benzene rings is 2. The van der Waals surface area contributed by atoms with Crippen molar-refractivity contribution in [2.45, 2.75) is 20.8 Å². The number of carbonyl (C=O) groups is 1. The van der Waals surface area contributed by atoms with Crippen molar-refractivity contribution < 1.29 is 13.6 Å². The van der Waals surface area contributed by atoms with Gasteiger partial charge in [-0.3, -0.25) is 4.79 Å². The summed E-state index contributed by atoms with van der Waals surface area (Å²) in [6.07, 6.45) is 0. The molecule has 0 radical (unpaired) electrons. The monoisotopic (exact) mass is 342 g/mol. The molecule has 1 aromatic heterocycles. The minimum Gasteiger partial charge on any atom is -0.318 e. The van der Waals surface area contributed by atoms with Gasteiger partial charge >= 0.3 is 0 Å². The maximum Gasteiger partial charge on any atom is 0.278 e. The van der Waals surface area contributed by atoms with Crippen LogP contribution in [-0.4, -0.2) is 20.9 Å². The Labute approximate surface area is 143 Å². The van der Waals surface area contributed by atoms with Crippen LogP contribution in [0, 0.1) is 32.4 Å². The van der Waals surface area contributed by atoms with Gasteiger partial charge in [0.15, 0.2) is 5.69 Å². The zero-order valence-corrected chi connectivity index (χ0v) is 14.0. The van der Waals surface area contributed by atoms with Gasteiger partial charge in [-0.1, -0.05) is 11.3 Å². The van der Waals surface area contributed by atoms with Gasteiger partial charge in [-0.2, -0.15) is 0 Å². The first kappa shape index (κ1) is 16.8. The maximum absolute atomic E-state index is 13.7. The summed E-state index contributed by atoms with van der Waals surface area (Å²) in [4.78, 5) is 12.4. The highest BCUT2D eigenvalue weighted by molar-refractivity contribution is 6.03. The molecule has 2 aromatic carbocycles. The first-order valence-corrected chi connectivity index (χ1v) is 7.63. The van der Waals surface area contributed by atoms with Crippen molar-refractivity contribution in [3.05, 3.63) is 70.5 Å². The predicted molar refractivity (Wildman–Crippen MR) is 89.9 cm³/mol. The number of anilines is 1. The molecule has 0 unspecified atom stereocenters. The minimum atomic E-state index is -0.854. The molecular weight excluding hydrogens is 326 g/mol. The third-order valence-electron chi connectivity index (χ3n) is 4.02. The van der Waals surface area contributed by atoms with Crippen molar-refractivity contribution in [1.29, 1.82) is 0 Å². The smallest absolute Gasteiger partial charge is 0.278 e. The van der Waals surface area contributed by atoms with Crippen molar-refractivity contribution in [2.75, 3.05) is 5.32 Å². The van der Waals surface area contributed by atoms with Crippen molar-refractivity contribution >= 4 is 11.6 Å². The van der Waals surface area contributed by atoms with Crippen LogP contribution in [0.15, 0.2) is 36.4 Å². The molecule has 128 valence electrons. The second-order valence-electron chi connectivity index (χ2n) is 5.78. The average Bonchev–Trinajstić information content (AvgIpc) is 2.94. The number of aryl methyl sites for hydroxylation is 2. The molecule has 3 aromatic rings. The number of nitrogens with one attached hydrogen (secondary N) is 1. The van der Waals surface area contributed by atoms with Crippen molar-refractivity contribution in [1.82, 2.24) is 15.0 Å². The van der Waals surface area contributed by atoms with E-state index in [-0.39, 0.29) is 11.4 Å². The molecule has 0 saturated heterocycles. The topological polar surface area (TPSA) is 59.8 Å². The molecule has 0 spiro atoms. The van der Waals surface area contributed by atoms with Crippen LogP contribution in [0.25, 0.3) is 5.69 Å². The van der Waals surface area contributed by atoms with E-state index >= 15 is 0 Å². The highest BCUT2D eigenvalue weighted by Crippen LogP contribution is 2.19. The Morgan fingerprint density at radius 1 is 1.04 bits per heavy atom. The minimum absolute atomic E-state index is 0.0713. The Bertz CT molecular complexity index is 966. The van der Waals surface area contributed by atoms with E-state index in [0.29, 0.717) is 11.8 Å². The van der Waals surface area contributed by atoms with E-state index in [2.05, 4.69) is 15.6 Å². The van der Waals surface area contributed by atoms with E-state index in [1.165, 1.54) is 0 Å². The molecule has 0 atom stereocenters. The van der Waals surface area contributed by atoms with Crippen LogP contribution >= 0.6 is 0 Å². The largest absolute Gasteiger partial charge is 0.318 e. The van der Waals surface area contributed by atoms with Gasteiger partial charge < -0.3 is 5.32 Å². The van der Waals surface area contributed by atoms with Crippen LogP contribution in [0.1, 0.15) is 27.3 Å². The Hall–Kier alpha value is -3.09. The molecule has 0 bridgehead atoms. The standard InChI is InChI=1S/C18H16F2N4O/c1-10-4-6-14(8-11(10)2)24-12(3)17(22-23-24)18(25)21-16-7-5-13(19)9-15(16)20/h4-9H,1-3H3,(H,21,25). The molecule has 0 aliphatic carbocycles. The zero-order chi connectivity index (χ0) is 18.1. The van der Waals surface area contributed by atoms with Gasteiger partial charge in [0, 0.05) is 6.07 Å². The lowest BCUT2D eigenvalue weighted by Crippen LogP contribution is -2.15. The fraction of sp³-hybridized carbons (Fsp3) is 0.167. The fourth-order valence-corrected chi connectivity index (χ4v) is 2.41. The molecule has 1 amide bonds. The van der Waals surface area contributed by atoms with Crippen LogP contribution in [-0.2, 0) is 0 Å². The van der Waals surface area contributed by atoms with E-state index in [4.69, 9.17) is 0 Å². The number of nitrogens with zero attached hydrogens (tertiary/aromatic N) is 3. The van der Waals surface area contributed by atoms with Crippen LogP contribution in [0.4, 0.5) is 14.5 Å². The maximum atomic E-state index is 13.7. The Kier molecular flexibility index (Phi) is 4.31. The quantitative estimate of drug-likeness (QED) is 0.789. The summed E-state index contributed by atoms with van der Waals surface area (Å²) >= 11 is 0. The van der Waals surface area contributed by atoms with Crippen LogP contribution < -0.4 is 5.32 Å². The number of halogens is 2. The molecule has 0 aliphatic rings. The highest BCUT2D eigenvalue weighted by atomic mass is 19.1. The lowest BCUT2D eigenvalue weighted by atomic mass is 10.1. The lowest BCUT2D eigenvalue weighted by Gasteiger charge is -2.07. The number of hydrogen-bond acceptors (Lipinski definition) is 3. The van der Waals surface area contributed by atoms with E-state index in [1.54, 1.807) is 11.6 Å². The highest BCUT2D eigenvalue weighted by Gasteiger charge is 2.19. The number of aromatic nitrogens is 3. The first-order valence-electron chi connectivity index (χ1n) is 7.63. The van der Waals surface area contributed by atoms with Gasteiger partial charge in [-0.05, 0) is 56.2 Å². The molecule has 25 heavy (non-hydrogen) atoms. The predicted octanol–water partition coefficient (Wildman–Crippen LogP) is 3.72. The van der Waals surface area contributed by atoms with Gasteiger partial charge in [0.1, 0.15) is 11.6 Å². The van der Waals surface area contributed by atoms with Gasteiger partial charge in [-0.15, -0.1) is 5.10 Å².